The number of halogens is 2. The average molecular weight is 452 g/mol. The number of amidine groups is 1. The van der Waals surface area contributed by atoms with Crippen molar-refractivity contribution in [3.05, 3.63) is 88.8 Å². The van der Waals surface area contributed by atoms with Gasteiger partial charge in [-0.1, -0.05) is 6.07 Å². The maximum atomic E-state index is 13.4. The fraction of sp³-hybridized carbons (Fsp3) is 0.0833. The minimum absolute atomic E-state index is 0.308. The van der Waals surface area contributed by atoms with Gasteiger partial charge in [-0.15, -0.1) is 0 Å². The third-order valence-electron chi connectivity index (χ3n) is 4.65. The summed E-state index contributed by atoms with van der Waals surface area (Å²) in [5, 5.41) is 0.375. The van der Waals surface area contributed by atoms with Crippen LogP contribution in [-0.2, 0) is 4.79 Å². The Morgan fingerprint density at radius 1 is 0.875 bits per heavy atom. The van der Waals surface area contributed by atoms with Crippen molar-refractivity contribution in [1.82, 2.24) is 0 Å². The highest BCUT2D eigenvalue weighted by Crippen LogP contribution is 2.38. The Hall–Kier alpha value is -3.65. The normalized spacial score (nSPS) is 16.1. The van der Waals surface area contributed by atoms with Crippen LogP contribution < -0.4 is 14.4 Å². The Morgan fingerprint density at radius 3 is 2.12 bits per heavy atom. The molecular weight excluding hydrogens is 434 g/mol. The van der Waals surface area contributed by atoms with E-state index in [1.165, 1.54) is 72.3 Å². The van der Waals surface area contributed by atoms with Gasteiger partial charge in [-0.2, -0.15) is 0 Å². The van der Waals surface area contributed by atoms with E-state index in [0.717, 1.165) is 5.56 Å². The van der Waals surface area contributed by atoms with Crippen LogP contribution >= 0.6 is 11.8 Å². The summed E-state index contributed by atoms with van der Waals surface area (Å²) in [4.78, 5) is 19.6. The van der Waals surface area contributed by atoms with Gasteiger partial charge >= 0.3 is 0 Å². The van der Waals surface area contributed by atoms with E-state index in [1.807, 2.05) is 0 Å². The molecule has 1 fully saturated rings. The van der Waals surface area contributed by atoms with E-state index in [0.29, 0.717) is 32.9 Å². The van der Waals surface area contributed by atoms with Gasteiger partial charge in [0, 0.05) is 0 Å². The van der Waals surface area contributed by atoms with E-state index in [4.69, 9.17) is 9.47 Å². The second kappa shape index (κ2) is 9.23. The number of hydrogen-bond acceptors (Lipinski definition) is 5. The number of amides is 1. The lowest BCUT2D eigenvalue weighted by molar-refractivity contribution is -0.113. The molecule has 0 radical (unpaired) electrons. The second-order valence-electron chi connectivity index (χ2n) is 6.71. The van der Waals surface area contributed by atoms with Crippen LogP contribution in [0, 0.1) is 11.6 Å². The van der Waals surface area contributed by atoms with Gasteiger partial charge in [-0.3, -0.25) is 9.69 Å². The Morgan fingerprint density at radius 2 is 1.50 bits per heavy atom. The zero-order chi connectivity index (χ0) is 22.7. The van der Waals surface area contributed by atoms with Crippen LogP contribution in [0.15, 0.2) is 76.6 Å². The third-order valence-corrected chi connectivity index (χ3v) is 5.62. The Bertz CT molecular complexity index is 1210. The topological polar surface area (TPSA) is 51.1 Å². The van der Waals surface area contributed by atoms with E-state index >= 15 is 0 Å². The molecule has 5 nitrogen and oxygen atoms in total. The van der Waals surface area contributed by atoms with Crippen molar-refractivity contribution in [2.24, 2.45) is 4.99 Å². The van der Waals surface area contributed by atoms with Gasteiger partial charge < -0.3 is 9.47 Å². The summed E-state index contributed by atoms with van der Waals surface area (Å²) in [6, 6.07) is 16.5. The predicted molar refractivity (Wildman–Crippen MR) is 122 cm³/mol. The lowest BCUT2D eigenvalue weighted by atomic mass is 10.2. The lowest BCUT2D eigenvalue weighted by Gasteiger charge is -2.15. The zero-order valence-electron chi connectivity index (χ0n) is 17.2. The van der Waals surface area contributed by atoms with Crippen molar-refractivity contribution in [1.29, 1.82) is 0 Å². The number of thioether (sulfide) groups is 1. The SMILES string of the molecule is COc1ccc(C=C2SC(=Nc3ccc(F)cc3)N(c3ccc(F)cc3)C2=O)cc1OC. The summed E-state index contributed by atoms with van der Waals surface area (Å²) < 4.78 is 37.3. The number of methoxy groups -OCH3 is 2. The van der Waals surface area contributed by atoms with Crippen LogP contribution in [0.5, 0.6) is 11.5 Å². The number of benzene rings is 3. The summed E-state index contributed by atoms with van der Waals surface area (Å²) in [6.07, 6.45) is 1.72. The predicted octanol–water partition coefficient (Wildman–Crippen LogP) is 5.79. The molecule has 0 atom stereocenters. The molecule has 0 spiro atoms. The van der Waals surface area contributed by atoms with Crippen LogP contribution in [0.25, 0.3) is 6.08 Å². The van der Waals surface area contributed by atoms with Gasteiger partial charge in [0.25, 0.3) is 5.91 Å². The highest BCUT2D eigenvalue weighted by Gasteiger charge is 2.34. The van der Waals surface area contributed by atoms with E-state index < -0.39 is 5.82 Å². The quantitative estimate of drug-likeness (QED) is 0.460. The van der Waals surface area contributed by atoms with Gasteiger partial charge in [-0.25, -0.2) is 13.8 Å². The van der Waals surface area contributed by atoms with Gasteiger partial charge in [-0.05, 0) is 84.1 Å². The molecule has 4 rings (SSSR count). The molecule has 0 bridgehead atoms. The maximum absolute atomic E-state index is 13.4. The molecule has 0 aliphatic carbocycles. The number of rotatable bonds is 5. The molecule has 8 heteroatoms. The largest absolute Gasteiger partial charge is 0.493 e. The monoisotopic (exact) mass is 452 g/mol. The summed E-state index contributed by atoms with van der Waals surface area (Å²) in [5.74, 6) is 0.0105. The van der Waals surface area contributed by atoms with Gasteiger partial charge in [0.1, 0.15) is 11.6 Å². The number of nitrogens with zero attached hydrogens (tertiary/aromatic N) is 2. The maximum Gasteiger partial charge on any atom is 0.271 e. The van der Waals surface area contributed by atoms with Crippen LogP contribution in [0.2, 0.25) is 0 Å². The first-order chi connectivity index (χ1) is 15.5. The summed E-state index contributed by atoms with van der Waals surface area (Å²) in [6.45, 7) is 0. The van der Waals surface area contributed by atoms with Crippen LogP contribution in [-0.4, -0.2) is 25.3 Å². The molecule has 1 amide bonds. The number of hydrogen-bond donors (Lipinski definition) is 0. The highest BCUT2D eigenvalue weighted by atomic mass is 32.2. The first-order valence-electron chi connectivity index (χ1n) is 9.54. The van der Waals surface area contributed by atoms with E-state index in [2.05, 4.69) is 4.99 Å². The van der Waals surface area contributed by atoms with Gasteiger partial charge in [0.05, 0.1) is 30.5 Å². The van der Waals surface area contributed by atoms with Crippen molar-refractivity contribution < 1.29 is 23.0 Å². The number of carbonyl (C=O) groups excluding carboxylic acids is 1. The molecule has 3 aromatic carbocycles. The summed E-state index contributed by atoms with van der Waals surface area (Å²) in [7, 11) is 3.08. The number of ether oxygens (including phenoxy) is 2. The van der Waals surface area contributed by atoms with Crippen LogP contribution in [0.1, 0.15) is 5.56 Å². The number of anilines is 1. The molecular formula is C24H18F2N2O3S. The molecule has 1 heterocycles. The summed E-state index contributed by atoms with van der Waals surface area (Å²) >= 11 is 1.17. The van der Waals surface area contributed by atoms with Crippen molar-refractivity contribution >= 4 is 40.3 Å². The smallest absolute Gasteiger partial charge is 0.271 e. The number of aliphatic imine (C=N–C) groups is 1. The molecule has 1 aliphatic heterocycles. The lowest BCUT2D eigenvalue weighted by Crippen LogP contribution is -2.28. The van der Waals surface area contributed by atoms with Crippen molar-refractivity contribution in [3.63, 3.8) is 0 Å². The fourth-order valence-electron chi connectivity index (χ4n) is 3.09. The number of carbonyl (C=O) groups is 1. The van der Waals surface area contributed by atoms with Gasteiger partial charge in [0.15, 0.2) is 16.7 Å². The molecule has 3 aromatic rings. The Balaban J connectivity index is 1.75. The van der Waals surface area contributed by atoms with Crippen molar-refractivity contribution in [2.75, 3.05) is 19.1 Å². The van der Waals surface area contributed by atoms with E-state index in [9.17, 15) is 13.6 Å². The molecule has 162 valence electrons. The van der Waals surface area contributed by atoms with E-state index in [-0.39, 0.29) is 11.7 Å². The molecule has 0 saturated carbocycles. The molecule has 1 aliphatic rings. The minimum Gasteiger partial charge on any atom is -0.493 e. The first kappa shape index (κ1) is 21.6. The molecule has 0 N–H and O–H groups in total. The Kier molecular flexibility index (Phi) is 6.23. The third kappa shape index (κ3) is 4.50. The summed E-state index contributed by atoms with van der Waals surface area (Å²) in [5.41, 5.74) is 1.70. The highest BCUT2D eigenvalue weighted by molar-refractivity contribution is 8.19. The zero-order valence-corrected chi connectivity index (χ0v) is 18.0. The Labute approximate surface area is 188 Å². The standard InChI is InChI=1S/C24H18F2N2O3S/c1-30-20-12-3-15(13-21(20)31-2)14-22-23(29)28(19-10-6-17(26)7-11-19)24(32-22)27-18-8-4-16(25)5-9-18/h3-14H,1-2H3. The fourth-order valence-corrected chi connectivity index (χ4v) is 4.09. The second-order valence-corrected chi connectivity index (χ2v) is 7.72. The van der Waals surface area contributed by atoms with Crippen LogP contribution in [0.4, 0.5) is 20.2 Å². The molecule has 1 saturated heterocycles. The molecule has 0 aromatic heterocycles. The first-order valence-corrected chi connectivity index (χ1v) is 10.4. The average Bonchev–Trinajstić information content (AvgIpc) is 3.10. The molecule has 32 heavy (non-hydrogen) atoms. The minimum atomic E-state index is -0.411. The van der Waals surface area contributed by atoms with Crippen molar-refractivity contribution in [3.8, 4) is 11.5 Å². The van der Waals surface area contributed by atoms with Crippen molar-refractivity contribution in [2.45, 2.75) is 0 Å². The molecule has 0 unspecified atom stereocenters. The van der Waals surface area contributed by atoms with Crippen LogP contribution in [0.3, 0.4) is 0 Å². The van der Waals surface area contributed by atoms with E-state index in [1.54, 1.807) is 31.4 Å². The van der Waals surface area contributed by atoms with Gasteiger partial charge in [0.2, 0.25) is 0 Å².